The van der Waals surface area contributed by atoms with E-state index in [9.17, 15) is 9.59 Å². The topological polar surface area (TPSA) is 37.4 Å². The molecular formula is C14H17NO2. The standard InChI is InChI=1S/C14H17NO2/c1-11(16)9-13-7-8-15(14(13)17)10-12-5-3-2-4-6-12/h2-6,13H,7-10H2,1H3. The summed E-state index contributed by atoms with van der Waals surface area (Å²) in [5.41, 5.74) is 1.14. The minimum Gasteiger partial charge on any atom is -0.338 e. The van der Waals surface area contributed by atoms with Gasteiger partial charge in [-0.25, -0.2) is 0 Å². The van der Waals surface area contributed by atoms with Gasteiger partial charge < -0.3 is 9.69 Å². The van der Waals surface area contributed by atoms with Crippen LogP contribution in [0.25, 0.3) is 0 Å². The van der Waals surface area contributed by atoms with Crippen LogP contribution in [0.1, 0.15) is 25.3 Å². The largest absolute Gasteiger partial charge is 0.338 e. The number of nitrogens with zero attached hydrogens (tertiary/aromatic N) is 1. The van der Waals surface area contributed by atoms with Gasteiger partial charge in [0.25, 0.3) is 0 Å². The molecule has 0 radical (unpaired) electrons. The summed E-state index contributed by atoms with van der Waals surface area (Å²) in [5.74, 6) is 0.144. The zero-order chi connectivity index (χ0) is 12.3. The lowest BCUT2D eigenvalue weighted by Crippen LogP contribution is -2.27. The first kappa shape index (κ1) is 11.8. The normalized spacial score (nSPS) is 19.7. The molecule has 0 saturated carbocycles. The third-order valence-corrected chi connectivity index (χ3v) is 3.16. The van der Waals surface area contributed by atoms with Crippen molar-refractivity contribution in [3.8, 4) is 0 Å². The average molecular weight is 231 g/mol. The van der Waals surface area contributed by atoms with E-state index in [1.807, 2.05) is 35.2 Å². The summed E-state index contributed by atoms with van der Waals surface area (Å²) < 4.78 is 0. The van der Waals surface area contributed by atoms with E-state index in [0.29, 0.717) is 13.0 Å². The van der Waals surface area contributed by atoms with Crippen molar-refractivity contribution in [2.45, 2.75) is 26.3 Å². The predicted octanol–water partition coefficient (Wildman–Crippen LogP) is 2.01. The minimum atomic E-state index is -0.0868. The highest BCUT2D eigenvalue weighted by molar-refractivity contribution is 5.87. The zero-order valence-corrected chi connectivity index (χ0v) is 10.1. The first-order chi connectivity index (χ1) is 8.16. The van der Waals surface area contributed by atoms with Crippen LogP contribution in [-0.4, -0.2) is 23.1 Å². The van der Waals surface area contributed by atoms with Crippen molar-refractivity contribution in [2.24, 2.45) is 5.92 Å². The molecule has 1 aliphatic rings. The summed E-state index contributed by atoms with van der Waals surface area (Å²) in [5, 5.41) is 0. The molecule has 0 bridgehead atoms. The molecule has 1 amide bonds. The fraction of sp³-hybridized carbons (Fsp3) is 0.429. The number of amides is 1. The van der Waals surface area contributed by atoms with Gasteiger partial charge in [0.2, 0.25) is 5.91 Å². The molecule has 2 rings (SSSR count). The Labute approximate surface area is 101 Å². The van der Waals surface area contributed by atoms with E-state index in [0.717, 1.165) is 18.5 Å². The molecule has 90 valence electrons. The van der Waals surface area contributed by atoms with E-state index in [-0.39, 0.29) is 17.6 Å². The van der Waals surface area contributed by atoms with Gasteiger partial charge in [-0.2, -0.15) is 0 Å². The summed E-state index contributed by atoms with van der Waals surface area (Å²) in [6, 6.07) is 9.96. The van der Waals surface area contributed by atoms with Crippen molar-refractivity contribution in [3.05, 3.63) is 35.9 Å². The van der Waals surface area contributed by atoms with Gasteiger partial charge in [-0.1, -0.05) is 30.3 Å². The highest BCUT2D eigenvalue weighted by Gasteiger charge is 2.31. The molecule has 0 N–H and O–H groups in total. The zero-order valence-electron chi connectivity index (χ0n) is 10.1. The van der Waals surface area contributed by atoms with Gasteiger partial charge in [0, 0.05) is 25.4 Å². The first-order valence-corrected chi connectivity index (χ1v) is 5.99. The van der Waals surface area contributed by atoms with Gasteiger partial charge in [-0.3, -0.25) is 4.79 Å². The SMILES string of the molecule is CC(=O)CC1CCN(Cc2ccccc2)C1=O. The molecule has 1 atom stereocenters. The summed E-state index contributed by atoms with van der Waals surface area (Å²) in [4.78, 5) is 24.9. The van der Waals surface area contributed by atoms with Crippen LogP contribution in [0.4, 0.5) is 0 Å². The molecule has 1 aromatic rings. The molecule has 1 aliphatic heterocycles. The lowest BCUT2D eigenvalue weighted by Gasteiger charge is -2.16. The maximum Gasteiger partial charge on any atom is 0.226 e. The summed E-state index contributed by atoms with van der Waals surface area (Å²) >= 11 is 0. The Hall–Kier alpha value is -1.64. The van der Waals surface area contributed by atoms with Crippen LogP contribution in [0.3, 0.4) is 0 Å². The van der Waals surface area contributed by atoms with Crippen molar-refractivity contribution in [1.29, 1.82) is 0 Å². The van der Waals surface area contributed by atoms with Crippen LogP contribution in [0.2, 0.25) is 0 Å². The van der Waals surface area contributed by atoms with Gasteiger partial charge in [0.05, 0.1) is 0 Å². The Morgan fingerprint density at radius 2 is 2.06 bits per heavy atom. The predicted molar refractivity (Wildman–Crippen MR) is 65.3 cm³/mol. The number of hydrogen-bond acceptors (Lipinski definition) is 2. The molecule has 1 unspecified atom stereocenters. The number of hydrogen-bond donors (Lipinski definition) is 0. The van der Waals surface area contributed by atoms with Crippen molar-refractivity contribution in [2.75, 3.05) is 6.54 Å². The fourth-order valence-electron chi connectivity index (χ4n) is 2.30. The summed E-state index contributed by atoms with van der Waals surface area (Å²) in [7, 11) is 0. The van der Waals surface area contributed by atoms with Crippen LogP contribution in [0.15, 0.2) is 30.3 Å². The molecule has 3 nitrogen and oxygen atoms in total. The van der Waals surface area contributed by atoms with Crippen molar-refractivity contribution >= 4 is 11.7 Å². The Balaban J connectivity index is 1.96. The smallest absolute Gasteiger partial charge is 0.226 e. The Morgan fingerprint density at radius 1 is 1.35 bits per heavy atom. The summed E-state index contributed by atoms with van der Waals surface area (Å²) in [6.45, 7) is 2.98. The van der Waals surface area contributed by atoms with E-state index in [1.165, 1.54) is 0 Å². The van der Waals surface area contributed by atoms with E-state index >= 15 is 0 Å². The molecule has 0 aliphatic carbocycles. The molecule has 0 aromatic heterocycles. The highest BCUT2D eigenvalue weighted by Crippen LogP contribution is 2.23. The Kier molecular flexibility index (Phi) is 3.57. The van der Waals surface area contributed by atoms with Gasteiger partial charge in [0.15, 0.2) is 0 Å². The van der Waals surface area contributed by atoms with Gasteiger partial charge >= 0.3 is 0 Å². The maximum absolute atomic E-state index is 12.0. The Morgan fingerprint density at radius 3 is 2.71 bits per heavy atom. The second-order valence-corrected chi connectivity index (χ2v) is 4.64. The number of likely N-dealkylation sites (tertiary alicyclic amines) is 1. The van der Waals surface area contributed by atoms with Gasteiger partial charge in [-0.15, -0.1) is 0 Å². The fourth-order valence-corrected chi connectivity index (χ4v) is 2.30. The highest BCUT2D eigenvalue weighted by atomic mass is 16.2. The van der Waals surface area contributed by atoms with Gasteiger partial charge in [-0.05, 0) is 18.9 Å². The first-order valence-electron chi connectivity index (χ1n) is 5.99. The molecule has 1 heterocycles. The molecule has 1 saturated heterocycles. The lowest BCUT2D eigenvalue weighted by atomic mass is 10.0. The minimum absolute atomic E-state index is 0.0868. The molecule has 0 spiro atoms. The van der Waals surface area contributed by atoms with Crippen LogP contribution in [0, 0.1) is 5.92 Å². The molecule has 17 heavy (non-hydrogen) atoms. The van der Waals surface area contributed by atoms with Crippen molar-refractivity contribution < 1.29 is 9.59 Å². The number of carbonyl (C=O) groups is 2. The second-order valence-electron chi connectivity index (χ2n) is 4.64. The Bertz CT molecular complexity index is 413. The number of carbonyl (C=O) groups excluding carboxylic acids is 2. The average Bonchev–Trinajstić information content (AvgIpc) is 2.62. The van der Waals surface area contributed by atoms with E-state index in [4.69, 9.17) is 0 Å². The monoisotopic (exact) mass is 231 g/mol. The van der Waals surface area contributed by atoms with Crippen LogP contribution >= 0.6 is 0 Å². The van der Waals surface area contributed by atoms with E-state index in [1.54, 1.807) is 6.92 Å². The maximum atomic E-state index is 12.0. The van der Waals surface area contributed by atoms with E-state index in [2.05, 4.69) is 0 Å². The molecular weight excluding hydrogens is 214 g/mol. The van der Waals surface area contributed by atoms with Crippen molar-refractivity contribution in [1.82, 2.24) is 4.90 Å². The van der Waals surface area contributed by atoms with E-state index < -0.39 is 0 Å². The third kappa shape index (κ3) is 2.93. The van der Waals surface area contributed by atoms with Crippen LogP contribution in [0.5, 0.6) is 0 Å². The number of rotatable bonds is 4. The molecule has 1 aromatic carbocycles. The lowest BCUT2D eigenvalue weighted by molar-refractivity contribution is -0.133. The molecule has 1 fully saturated rings. The van der Waals surface area contributed by atoms with Crippen LogP contribution in [-0.2, 0) is 16.1 Å². The number of Topliss-reactive ketones (excluding diaryl/α,β-unsaturated/α-hetero) is 1. The number of benzene rings is 1. The quantitative estimate of drug-likeness (QED) is 0.795. The third-order valence-electron chi connectivity index (χ3n) is 3.16. The molecule has 3 heteroatoms. The van der Waals surface area contributed by atoms with Crippen LogP contribution < -0.4 is 0 Å². The van der Waals surface area contributed by atoms with Crippen molar-refractivity contribution in [3.63, 3.8) is 0 Å². The number of ketones is 1. The second kappa shape index (κ2) is 5.13. The van der Waals surface area contributed by atoms with Gasteiger partial charge in [0.1, 0.15) is 5.78 Å². The summed E-state index contributed by atoms with van der Waals surface area (Å²) in [6.07, 6.45) is 1.20.